The summed E-state index contributed by atoms with van der Waals surface area (Å²) in [6.45, 7) is 5.24. The largest absolute Gasteiger partial charge is 0.310 e. The lowest BCUT2D eigenvalue weighted by Gasteiger charge is -2.21. The number of rotatable bonds is 7. The monoisotopic (exact) mass is 305 g/mol. The van der Waals surface area contributed by atoms with Gasteiger partial charge in [0.1, 0.15) is 0 Å². The number of halogens is 1. The molecule has 1 aromatic heterocycles. The summed E-state index contributed by atoms with van der Waals surface area (Å²) in [4.78, 5) is 0. The molecular formula is C17H24ClN3. The van der Waals surface area contributed by atoms with E-state index in [0.717, 1.165) is 36.4 Å². The van der Waals surface area contributed by atoms with Crippen molar-refractivity contribution < 1.29 is 0 Å². The van der Waals surface area contributed by atoms with Crippen LogP contribution in [0.5, 0.6) is 0 Å². The summed E-state index contributed by atoms with van der Waals surface area (Å²) < 4.78 is 1.85. The van der Waals surface area contributed by atoms with Gasteiger partial charge in [-0.05, 0) is 49.4 Å². The van der Waals surface area contributed by atoms with Crippen molar-refractivity contribution in [1.29, 1.82) is 0 Å². The second-order valence-electron chi connectivity index (χ2n) is 5.55. The van der Waals surface area contributed by atoms with Crippen LogP contribution in [0.4, 0.5) is 0 Å². The van der Waals surface area contributed by atoms with Crippen LogP contribution in [-0.4, -0.2) is 16.3 Å². The Morgan fingerprint density at radius 3 is 2.86 bits per heavy atom. The molecule has 1 unspecified atom stereocenters. The Morgan fingerprint density at radius 2 is 2.19 bits per heavy atom. The minimum Gasteiger partial charge on any atom is -0.310 e. The summed E-state index contributed by atoms with van der Waals surface area (Å²) in [5.41, 5.74) is 3.61. The van der Waals surface area contributed by atoms with Gasteiger partial charge in [-0.1, -0.05) is 36.7 Å². The number of nitrogens with one attached hydrogen (secondary N) is 1. The third-order valence-corrected chi connectivity index (χ3v) is 4.23. The fourth-order valence-electron chi connectivity index (χ4n) is 2.54. The molecule has 0 bridgehead atoms. The van der Waals surface area contributed by atoms with Gasteiger partial charge in [0.05, 0.1) is 6.20 Å². The van der Waals surface area contributed by atoms with Crippen molar-refractivity contribution in [2.45, 2.75) is 39.2 Å². The first kappa shape index (κ1) is 16.1. The number of nitrogens with zero attached hydrogens (tertiary/aromatic N) is 2. The first-order chi connectivity index (χ1) is 10.1. The Balaban J connectivity index is 2.11. The molecule has 0 aliphatic heterocycles. The molecule has 1 N–H and O–H groups in total. The molecule has 114 valence electrons. The summed E-state index contributed by atoms with van der Waals surface area (Å²) in [6.07, 6.45) is 7.16. The molecule has 2 rings (SSSR count). The predicted molar refractivity (Wildman–Crippen MR) is 88.8 cm³/mol. The third-order valence-electron chi connectivity index (χ3n) is 3.72. The minimum atomic E-state index is 0.289. The molecule has 0 aliphatic carbocycles. The molecule has 0 aliphatic rings. The zero-order valence-electron chi connectivity index (χ0n) is 13.1. The van der Waals surface area contributed by atoms with E-state index in [1.54, 1.807) is 0 Å². The van der Waals surface area contributed by atoms with E-state index in [1.807, 2.05) is 17.9 Å². The average molecular weight is 306 g/mol. The molecule has 0 fully saturated rings. The maximum atomic E-state index is 6.50. The summed E-state index contributed by atoms with van der Waals surface area (Å²) in [7, 11) is 1.95. The highest BCUT2D eigenvalue weighted by Crippen LogP contribution is 2.29. The molecule has 0 amide bonds. The van der Waals surface area contributed by atoms with Crippen LogP contribution >= 0.6 is 11.6 Å². The van der Waals surface area contributed by atoms with Gasteiger partial charge < -0.3 is 5.32 Å². The van der Waals surface area contributed by atoms with Gasteiger partial charge in [-0.15, -0.1) is 0 Å². The van der Waals surface area contributed by atoms with Crippen molar-refractivity contribution in [3.8, 4) is 0 Å². The van der Waals surface area contributed by atoms with Gasteiger partial charge in [0, 0.05) is 24.3 Å². The molecule has 1 heterocycles. The molecular weight excluding hydrogens is 282 g/mol. The topological polar surface area (TPSA) is 29.9 Å². The van der Waals surface area contributed by atoms with Crippen molar-refractivity contribution in [3.63, 3.8) is 0 Å². The van der Waals surface area contributed by atoms with Crippen molar-refractivity contribution in [1.82, 2.24) is 15.1 Å². The summed E-state index contributed by atoms with van der Waals surface area (Å²) >= 11 is 6.50. The highest BCUT2D eigenvalue weighted by atomic mass is 35.5. The highest BCUT2D eigenvalue weighted by Gasteiger charge is 2.15. The average Bonchev–Trinajstić information content (AvgIpc) is 2.88. The van der Waals surface area contributed by atoms with Crippen molar-refractivity contribution in [3.05, 3.63) is 52.3 Å². The number of aryl methyl sites for hydroxylation is 3. The first-order valence-corrected chi connectivity index (χ1v) is 7.95. The van der Waals surface area contributed by atoms with Gasteiger partial charge in [-0.3, -0.25) is 4.68 Å². The van der Waals surface area contributed by atoms with Crippen LogP contribution < -0.4 is 5.32 Å². The Hall–Kier alpha value is -1.32. The van der Waals surface area contributed by atoms with Gasteiger partial charge in [-0.2, -0.15) is 5.10 Å². The molecule has 0 saturated carbocycles. The lowest BCUT2D eigenvalue weighted by molar-refractivity contribution is 0.499. The normalized spacial score (nSPS) is 12.6. The van der Waals surface area contributed by atoms with Crippen LogP contribution in [0.1, 0.15) is 42.5 Å². The van der Waals surface area contributed by atoms with Gasteiger partial charge in [0.25, 0.3) is 0 Å². The van der Waals surface area contributed by atoms with E-state index in [-0.39, 0.29) is 6.04 Å². The van der Waals surface area contributed by atoms with E-state index < -0.39 is 0 Å². The van der Waals surface area contributed by atoms with Crippen molar-refractivity contribution in [2.75, 3.05) is 6.54 Å². The zero-order valence-corrected chi connectivity index (χ0v) is 13.8. The minimum absolute atomic E-state index is 0.289. The maximum Gasteiger partial charge on any atom is 0.0521 e. The van der Waals surface area contributed by atoms with Crippen LogP contribution in [0.2, 0.25) is 5.02 Å². The molecule has 21 heavy (non-hydrogen) atoms. The Morgan fingerprint density at radius 1 is 1.38 bits per heavy atom. The van der Waals surface area contributed by atoms with Crippen LogP contribution in [0, 0.1) is 6.92 Å². The highest BCUT2D eigenvalue weighted by molar-refractivity contribution is 6.32. The third kappa shape index (κ3) is 4.32. The van der Waals surface area contributed by atoms with Crippen molar-refractivity contribution in [2.24, 2.45) is 7.05 Å². The van der Waals surface area contributed by atoms with Gasteiger partial charge >= 0.3 is 0 Å². The Bertz CT molecular complexity index is 577. The lowest BCUT2D eigenvalue weighted by atomic mass is 9.98. The maximum absolute atomic E-state index is 6.50. The second-order valence-corrected chi connectivity index (χ2v) is 5.92. The van der Waals surface area contributed by atoms with Crippen LogP contribution in [0.15, 0.2) is 30.6 Å². The molecule has 3 nitrogen and oxygen atoms in total. The molecule has 1 atom stereocenters. The number of hydrogen-bond acceptors (Lipinski definition) is 2. The van der Waals surface area contributed by atoms with E-state index in [0.29, 0.717) is 0 Å². The quantitative estimate of drug-likeness (QED) is 0.836. The van der Waals surface area contributed by atoms with Gasteiger partial charge in [0.15, 0.2) is 0 Å². The Labute approximate surface area is 132 Å². The van der Waals surface area contributed by atoms with E-state index in [4.69, 9.17) is 11.6 Å². The number of hydrogen-bond donors (Lipinski definition) is 1. The molecule has 4 heteroatoms. The molecule has 0 spiro atoms. The second kappa shape index (κ2) is 7.62. The Kier molecular flexibility index (Phi) is 5.83. The first-order valence-electron chi connectivity index (χ1n) is 7.57. The summed E-state index contributed by atoms with van der Waals surface area (Å²) in [5, 5.41) is 8.74. The summed E-state index contributed by atoms with van der Waals surface area (Å²) in [5.74, 6) is 0. The SMILES string of the molecule is CCCNC(CCc1cnn(C)c1)c1cccc(C)c1Cl. The fourth-order valence-corrected chi connectivity index (χ4v) is 2.80. The van der Waals surface area contributed by atoms with Crippen molar-refractivity contribution >= 4 is 11.6 Å². The van der Waals surface area contributed by atoms with Crippen LogP contribution in [0.25, 0.3) is 0 Å². The molecule has 0 radical (unpaired) electrons. The lowest BCUT2D eigenvalue weighted by Crippen LogP contribution is -2.23. The number of aromatic nitrogens is 2. The van der Waals surface area contributed by atoms with Crippen LogP contribution in [-0.2, 0) is 13.5 Å². The molecule has 0 saturated heterocycles. The fraction of sp³-hybridized carbons (Fsp3) is 0.471. The van der Waals surface area contributed by atoms with Gasteiger partial charge in [0.2, 0.25) is 0 Å². The smallest absolute Gasteiger partial charge is 0.0521 e. The number of benzene rings is 1. The van der Waals surface area contributed by atoms with E-state index in [2.05, 4.69) is 48.7 Å². The van der Waals surface area contributed by atoms with Crippen LogP contribution in [0.3, 0.4) is 0 Å². The molecule has 2 aromatic rings. The van der Waals surface area contributed by atoms with E-state index >= 15 is 0 Å². The summed E-state index contributed by atoms with van der Waals surface area (Å²) in [6, 6.07) is 6.56. The molecule has 1 aromatic carbocycles. The predicted octanol–water partition coefficient (Wildman–Crippen LogP) is 4.06. The van der Waals surface area contributed by atoms with E-state index in [1.165, 1.54) is 11.1 Å². The standard InChI is InChI=1S/C17H24ClN3/c1-4-10-19-16(9-8-14-11-20-21(3)12-14)15-7-5-6-13(2)17(15)18/h5-7,11-12,16,19H,4,8-10H2,1-3H3. The zero-order chi connectivity index (χ0) is 15.2. The van der Waals surface area contributed by atoms with E-state index in [9.17, 15) is 0 Å². The van der Waals surface area contributed by atoms with Gasteiger partial charge in [-0.25, -0.2) is 0 Å².